The van der Waals surface area contributed by atoms with Crippen LogP contribution in [0.15, 0.2) is 6.33 Å². The highest BCUT2D eigenvalue weighted by Crippen LogP contribution is 2.47. The number of nitrogens with two attached hydrogens (primary N) is 1. The van der Waals surface area contributed by atoms with Crippen molar-refractivity contribution in [1.82, 2.24) is 14.5 Å². The summed E-state index contributed by atoms with van der Waals surface area (Å²) in [6, 6.07) is 0. The molecule has 2 aromatic rings. The van der Waals surface area contributed by atoms with E-state index in [1.807, 2.05) is 0 Å². The van der Waals surface area contributed by atoms with Gasteiger partial charge in [0.25, 0.3) is 0 Å². The standard InChI is InChI=1S/C31H58FN5O5Si3/c1-19(38)35-27-21(32)23-22(26(33)36-27)34-18-37(23)28-25(42-45(15,16)31(8,9)10)24(41-44(13,14)30(5,6)7)20(40-28)17-39-43(11,12)29(2,3)4/h18,20,24-25,28H,17H2,1-16H3,(H3,33,35,36,38)/t20-,24-,25-,28-/m1/s1. The molecule has 0 radical (unpaired) electrons. The van der Waals surface area contributed by atoms with Crippen molar-refractivity contribution in [3.63, 3.8) is 0 Å². The number of ether oxygens (including phenoxy) is 1. The molecule has 0 saturated carbocycles. The lowest BCUT2D eigenvalue weighted by molar-refractivity contribution is -0.114. The fourth-order valence-electron chi connectivity index (χ4n) is 4.42. The Balaban J connectivity index is 2.26. The van der Waals surface area contributed by atoms with Crippen LogP contribution in [0.3, 0.4) is 0 Å². The molecule has 1 amide bonds. The molecule has 0 aromatic carbocycles. The topological polar surface area (TPSA) is 123 Å². The lowest BCUT2D eigenvalue weighted by Crippen LogP contribution is -2.54. The number of anilines is 2. The Hall–Kier alpha value is -1.69. The number of nitrogens with zero attached hydrogens (tertiary/aromatic N) is 3. The lowest BCUT2D eigenvalue weighted by Gasteiger charge is -2.44. The maximum Gasteiger partial charge on any atom is 0.222 e. The van der Waals surface area contributed by atoms with Crippen LogP contribution in [-0.2, 0) is 22.8 Å². The minimum Gasteiger partial charge on any atom is -0.414 e. The zero-order valence-electron chi connectivity index (χ0n) is 30.4. The molecular weight excluding hydrogens is 626 g/mol. The van der Waals surface area contributed by atoms with E-state index in [1.165, 1.54) is 13.3 Å². The predicted octanol–water partition coefficient (Wildman–Crippen LogP) is 7.81. The lowest BCUT2D eigenvalue weighted by atomic mass is 10.1. The molecule has 1 saturated heterocycles. The monoisotopic (exact) mass is 683 g/mol. The number of nitrogen functional groups attached to an aromatic ring is 1. The number of carbonyl (C=O) groups excluding carboxylic acids is 1. The summed E-state index contributed by atoms with van der Waals surface area (Å²) in [5.41, 5.74) is 6.48. The zero-order chi connectivity index (χ0) is 34.7. The Kier molecular flexibility index (Phi) is 10.4. The molecule has 14 heteroatoms. The van der Waals surface area contributed by atoms with E-state index in [0.717, 1.165) is 0 Å². The van der Waals surface area contributed by atoms with Gasteiger partial charge in [0, 0.05) is 6.92 Å². The van der Waals surface area contributed by atoms with E-state index in [-0.39, 0.29) is 37.8 Å². The number of pyridine rings is 1. The van der Waals surface area contributed by atoms with Gasteiger partial charge in [-0.1, -0.05) is 62.3 Å². The summed E-state index contributed by atoms with van der Waals surface area (Å²) in [5, 5.41) is 2.24. The van der Waals surface area contributed by atoms with Gasteiger partial charge >= 0.3 is 0 Å². The molecule has 1 aliphatic heterocycles. The summed E-state index contributed by atoms with van der Waals surface area (Å²) in [7, 11) is -6.96. The molecule has 256 valence electrons. The molecule has 2 aromatic heterocycles. The number of amides is 1. The average molecular weight is 684 g/mol. The second-order valence-corrected chi connectivity index (χ2v) is 31.3. The fraction of sp³-hybridized carbons (Fsp3) is 0.774. The highest BCUT2D eigenvalue weighted by molar-refractivity contribution is 6.75. The third kappa shape index (κ3) is 7.73. The predicted molar refractivity (Wildman–Crippen MR) is 187 cm³/mol. The Morgan fingerprint density at radius 1 is 0.933 bits per heavy atom. The van der Waals surface area contributed by atoms with E-state index in [2.05, 4.69) is 117 Å². The summed E-state index contributed by atoms with van der Waals surface area (Å²) in [5.74, 6) is -1.47. The summed E-state index contributed by atoms with van der Waals surface area (Å²) in [6.07, 6.45) is -0.903. The molecule has 10 nitrogen and oxygen atoms in total. The number of carbonyl (C=O) groups is 1. The fourth-order valence-corrected chi connectivity index (χ4v) is 8.04. The van der Waals surface area contributed by atoms with Gasteiger partial charge in [-0.15, -0.1) is 0 Å². The SMILES string of the molecule is CC(=O)Nc1nc(N)c2ncn([C@@H]3O[C@H](CO[Si](C)(C)C(C)(C)C)[C@@H](O[Si](C)(C)C(C)(C)C)[C@H]3O[Si](C)(C)C(C)(C)C)c2c1F. The first-order valence-electron chi connectivity index (χ1n) is 15.9. The maximum absolute atomic E-state index is 16.1. The van der Waals surface area contributed by atoms with Gasteiger partial charge in [-0.2, -0.15) is 0 Å². The smallest absolute Gasteiger partial charge is 0.222 e. The molecule has 0 bridgehead atoms. The van der Waals surface area contributed by atoms with Crippen LogP contribution >= 0.6 is 0 Å². The molecular formula is C31H58FN5O5Si3. The van der Waals surface area contributed by atoms with Crippen molar-refractivity contribution in [2.24, 2.45) is 0 Å². The van der Waals surface area contributed by atoms with Crippen molar-refractivity contribution in [3.8, 4) is 0 Å². The Labute approximate surface area is 272 Å². The largest absolute Gasteiger partial charge is 0.414 e. The highest BCUT2D eigenvalue weighted by Gasteiger charge is 2.55. The van der Waals surface area contributed by atoms with E-state index < -0.39 is 61.2 Å². The summed E-state index contributed by atoms with van der Waals surface area (Å²) in [4.78, 5) is 20.4. The molecule has 45 heavy (non-hydrogen) atoms. The first kappa shape index (κ1) is 37.8. The quantitative estimate of drug-likeness (QED) is 0.257. The third-order valence-corrected chi connectivity index (χ3v) is 23.9. The van der Waals surface area contributed by atoms with Gasteiger partial charge in [-0.3, -0.25) is 9.36 Å². The van der Waals surface area contributed by atoms with Crippen LogP contribution in [-0.4, -0.2) is 70.3 Å². The first-order chi connectivity index (χ1) is 20.1. The minimum atomic E-state index is -2.43. The number of fused-ring (bicyclic) bond motifs is 1. The molecule has 0 unspecified atom stereocenters. The second-order valence-electron chi connectivity index (χ2n) is 17.0. The van der Waals surface area contributed by atoms with E-state index in [0.29, 0.717) is 6.61 Å². The summed E-state index contributed by atoms with van der Waals surface area (Å²) < 4.78 is 45.8. The van der Waals surface area contributed by atoms with Gasteiger partial charge in [0.1, 0.15) is 29.3 Å². The van der Waals surface area contributed by atoms with Crippen LogP contribution in [0.1, 0.15) is 75.5 Å². The van der Waals surface area contributed by atoms with E-state index in [4.69, 9.17) is 23.7 Å². The highest BCUT2D eigenvalue weighted by atomic mass is 28.4. The van der Waals surface area contributed by atoms with Gasteiger partial charge in [0.15, 0.2) is 48.6 Å². The molecule has 0 aliphatic carbocycles. The van der Waals surface area contributed by atoms with Crippen LogP contribution in [0.25, 0.3) is 11.0 Å². The first-order valence-corrected chi connectivity index (χ1v) is 24.6. The number of imidazole rings is 1. The molecule has 0 spiro atoms. The van der Waals surface area contributed by atoms with Crippen molar-refractivity contribution in [1.29, 1.82) is 0 Å². The van der Waals surface area contributed by atoms with Crippen LogP contribution in [0.5, 0.6) is 0 Å². The number of hydrogen-bond acceptors (Lipinski definition) is 8. The Morgan fingerprint density at radius 3 is 1.89 bits per heavy atom. The second kappa shape index (κ2) is 12.4. The van der Waals surface area contributed by atoms with Gasteiger partial charge in [-0.05, 0) is 54.4 Å². The number of nitrogens with one attached hydrogen (secondary N) is 1. The maximum atomic E-state index is 16.1. The third-order valence-electron chi connectivity index (χ3n) is 10.4. The average Bonchev–Trinajstić information content (AvgIpc) is 3.41. The molecule has 3 heterocycles. The zero-order valence-corrected chi connectivity index (χ0v) is 33.4. The van der Waals surface area contributed by atoms with Crippen molar-refractivity contribution >= 4 is 53.5 Å². The van der Waals surface area contributed by atoms with Crippen molar-refractivity contribution < 1.29 is 27.2 Å². The van der Waals surface area contributed by atoms with E-state index in [1.54, 1.807) is 4.57 Å². The van der Waals surface area contributed by atoms with E-state index >= 15 is 4.39 Å². The van der Waals surface area contributed by atoms with Crippen LogP contribution < -0.4 is 11.1 Å². The number of rotatable bonds is 9. The van der Waals surface area contributed by atoms with Crippen molar-refractivity contribution in [2.45, 2.75) is 148 Å². The molecule has 3 N–H and O–H groups in total. The summed E-state index contributed by atoms with van der Waals surface area (Å²) >= 11 is 0. The van der Waals surface area contributed by atoms with E-state index in [9.17, 15) is 4.79 Å². The minimum absolute atomic E-state index is 0.000597. The molecule has 4 atom stereocenters. The summed E-state index contributed by atoms with van der Waals surface area (Å²) in [6.45, 7) is 34.6. The number of aromatic nitrogens is 3. The van der Waals surface area contributed by atoms with Gasteiger partial charge in [0.2, 0.25) is 5.91 Å². The Morgan fingerprint density at radius 2 is 1.42 bits per heavy atom. The van der Waals surface area contributed by atoms with Crippen molar-refractivity contribution in [2.75, 3.05) is 17.7 Å². The van der Waals surface area contributed by atoms with Gasteiger partial charge in [-0.25, -0.2) is 14.4 Å². The Bertz CT molecular complexity index is 1400. The molecule has 3 rings (SSSR count). The van der Waals surface area contributed by atoms with Crippen molar-refractivity contribution in [3.05, 3.63) is 12.1 Å². The van der Waals surface area contributed by atoms with Crippen LogP contribution in [0.4, 0.5) is 16.0 Å². The molecule has 1 aliphatic rings. The van der Waals surface area contributed by atoms with Crippen LogP contribution in [0, 0.1) is 5.82 Å². The normalized spacial score (nSPS) is 22.3. The number of hydrogen-bond donors (Lipinski definition) is 2. The molecule has 1 fully saturated rings. The van der Waals surface area contributed by atoms with Gasteiger partial charge in [0.05, 0.1) is 12.9 Å². The van der Waals surface area contributed by atoms with Crippen LogP contribution in [0.2, 0.25) is 54.4 Å². The number of halogens is 1. The van der Waals surface area contributed by atoms with Gasteiger partial charge < -0.3 is 29.1 Å².